The minimum absolute atomic E-state index is 0.0318. The van der Waals surface area contributed by atoms with Crippen molar-refractivity contribution in [2.24, 2.45) is 17.8 Å². The summed E-state index contributed by atoms with van der Waals surface area (Å²) in [5.41, 5.74) is 1.04. The average Bonchev–Trinajstić information content (AvgIpc) is 3.75. The van der Waals surface area contributed by atoms with Crippen LogP contribution in [0.5, 0.6) is 5.75 Å². The Labute approximate surface area is 296 Å². The monoisotopic (exact) mass is 719 g/mol. The molecule has 8 atom stereocenters. The number of aliphatic hydroxyl groups excluding tert-OH is 3. The van der Waals surface area contributed by atoms with Crippen LogP contribution in [0.15, 0.2) is 18.2 Å². The first-order valence-corrected chi connectivity index (χ1v) is 17.4. The van der Waals surface area contributed by atoms with Crippen molar-refractivity contribution < 1.29 is 63.3 Å². The second-order valence-corrected chi connectivity index (χ2v) is 12.6. The van der Waals surface area contributed by atoms with Gasteiger partial charge in [0.05, 0.1) is 38.7 Å². The number of nitrogens with one attached hydrogen (secondary N) is 3. The van der Waals surface area contributed by atoms with Crippen LogP contribution >= 0.6 is 0 Å². The number of hydrogen-bond donors (Lipinski definition) is 7. The highest BCUT2D eigenvalue weighted by Crippen LogP contribution is 2.52. The Morgan fingerprint density at radius 3 is 2.25 bits per heavy atom. The Morgan fingerprint density at radius 2 is 1.57 bits per heavy atom. The quantitative estimate of drug-likeness (QED) is 0.0766. The zero-order valence-electron chi connectivity index (χ0n) is 28.7. The maximum atomic E-state index is 12.7. The third kappa shape index (κ3) is 12.3. The summed E-state index contributed by atoms with van der Waals surface area (Å²) in [4.78, 5) is 48.3. The van der Waals surface area contributed by atoms with E-state index < -0.39 is 48.7 Å². The summed E-state index contributed by atoms with van der Waals surface area (Å²) >= 11 is 0. The van der Waals surface area contributed by atoms with Gasteiger partial charge in [0.1, 0.15) is 24.1 Å². The second-order valence-electron chi connectivity index (χ2n) is 12.6. The Hall–Kier alpha value is -3.98. The molecule has 0 bridgehead atoms. The number of carboxylic acids is 1. The van der Waals surface area contributed by atoms with E-state index in [1.165, 1.54) is 6.07 Å². The first kappa shape index (κ1) is 39.8. The number of amides is 3. The SMILES string of the molecule is CCc1ccc(OC2O[C@H](C(=O)O)[C@@H](O)[C@H](O)[C@H]2O)c(NC(=O)CCNC(=O)CCOCCOCCNC(=O)OCC2[C@H]3CCC#CCC[C@@H]23)c1. The van der Waals surface area contributed by atoms with E-state index in [1.807, 2.05) is 6.92 Å². The highest BCUT2D eigenvalue weighted by molar-refractivity contribution is 5.92. The van der Waals surface area contributed by atoms with Gasteiger partial charge in [0.15, 0.2) is 6.10 Å². The van der Waals surface area contributed by atoms with Crippen LogP contribution in [-0.4, -0.2) is 121 Å². The fourth-order valence-corrected chi connectivity index (χ4v) is 6.11. The summed E-state index contributed by atoms with van der Waals surface area (Å²) in [6.45, 7) is 3.66. The van der Waals surface area contributed by atoms with Crippen LogP contribution in [0.1, 0.15) is 51.0 Å². The van der Waals surface area contributed by atoms with Crippen molar-refractivity contribution in [3.8, 4) is 17.6 Å². The molecule has 7 N–H and O–H groups in total. The van der Waals surface area contributed by atoms with Crippen molar-refractivity contribution in [1.82, 2.24) is 10.6 Å². The topological polar surface area (TPSA) is 231 Å². The lowest BCUT2D eigenvalue weighted by Gasteiger charge is -2.38. The predicted octanol–water partition coefficient (Wildman–Crippen LogP) is 0.554. The summed E-state index contributed by atoms with van der Waals surface area (Å²) in [6, 6.07) is 4.82. The number of carboxylic acid groups (broad SMARTS) is 1. The van der Waals surface area contributed by atoms with Crippen molar-refractivity contribution in [1.29, 1.82) is 0 Å². The van der Waals surface area contributed by atoms with Crippen LogP contribution in [0.4, 0.5) is 10.5 Å². The molecule has 0 aromatic heterocycles. The maximum absolute atomic E-state index is 12.7. The number of hydrogen-bond acceptors (Lipinski definition) is 12. The summed E-state index contributed by atoms with van der Waals surface area (Å²) in [5.74, 6) is 5.72. The zero-order chi connectivity index (χ0) is 36.8. The number of aryl methyl sites for hydroxylation is 1. The van der Waals surface area contributed by atoms with E-state index in [2.05, 4.69) is 27.8 Å². The van der Waals surface area contributed by atoms with Gasteiger partial charge in [-0.15, -0.1) is 11.8 Å². The lowest BCUT2D eigenvalue weighted by molar-refractivity contribution is -0.271. The first-order valence-electron chi connectivity index (χ1n) is 17.4. The molecule has 1 aromatic rings. The van der Waals surface area contributed by atoms with Gasteiger partial charge < -0.3 is 60.1 Å². The van der Waals surface area contributed by atoms with E-state index in [0.29, 0.717) is 37.3 Å². The molecule has 2 aliphatic carbocycles. The third-order valence-corrected chi connectivity index (χ3v) is 9.06. The van der Waals surface area contributed by atoms with E-state index in [1.54, 1.807) is 12.1 Å². The molecule has 1 saturated carbocycles. The molecular weight excluding hydrogens is 670 g/mol. The molecule has 1 aromatic carbocycles. The highest BCUT2D eigenvalue weighted by Gasteiger charge is 2.49. The minimum Gasteiger partial charge on any atom is -0.479 e. The van der Waals surface area contributed by atoms with Crippen molar-refractivity contribution >= 4 is 29.6 Å². The summed E-state index contributed by atoms with van der Waals surface area (Å²) in [6.07, 6.45) is -4.84. The molecule has 282 valence electrons. The first-order chi connectivity index (χ1) is 24.6. The van der Waals surface area contributed by atoms with Gasteiger partial charge in [-0.25, -0.2) is 9.59 Å². The molecule has 0 radical (unpaired) electrons. The fourth-order valence-electron chi connectivity index (χ4n) is 6.11. The summed E-state index contributed by atoms with van der Waals surface area (Å²) in [7, 11) is 0. The van der Waals surface area contributed by atoms with E-state index >= 15 is 0 Å². The number of ether oxygens (including phenoxy) is 5. The number of aliphatic carboxylic acids is 1. The van der Waals surface area contributed by atoms with Crippen molar-refractivity contribution in [2.75, 3.05) is 51.4 Å². The smallest absolute Gasteiger partial charge is 0.407 e. The van der Waals surface area contributed by atoms with Gasteiger partial charge in [0.2, 0.25) is 18.1 Å². The number of carbonyl (C=O) groups is 4. The van der Waals surface area contributed by atoms with Crippen molar-refractivity contribution in [2.45, 2.75) is 82.6 Å². The third-order valence-electron chi connectivity index (χ3n) is 9.06. The van der Waals surface area contributed by atoms with Crippen molar-refractivity contribution in [3.63, 3.8) is 0 Å². The highest BCUT2D eigenvalue weighted by atomic mass is 16.7. The molecule has 2 unspecified atom stereocenters. The molecular formula is C35H49N3O13. The minimum atomic E-state index is -1.87. The van der Waals surface area contributed by atoms with Gasteiger partial charge in [-0.3, -0.25) is 9.59 Å². The molecule has 16 heteroatoms. The van der Waals surface area contributed by atoms with Crippen molar-refractivity contribution in [3.05, 3.63) is 23.8 Å². The van der Waals surface area contributed by atoms with E-state index in [0.717, 1.165) is 31.2 Å². The molecule has 1 heterocycles. The van der Waals surface area contributed by atoms with Crippen LogP contribution in [0.3, 0.4) is 0 Å². The molecule has 0 spiro atoms. The number of anilines is 1. The van der Waals surface area contributed by atoms with Crippen LogP contribution < -0.4 is 20.7 Å². The molecule has 51 heavy (non-hydrogen) atoms. The van der Waals surface area contributed by atoms with E-state index in [9.17, 15) is 39.6 Å². The Morgan fingerprint density at radius 1 is 0.863 bits per heavy atom. The number of aliphatic hydroxyl groups is 3. The molecule has 1 saturated heterocycles. The Kier molecular flexibility index (Phi) is 15.7. The molecule has 1 aliphatic heterocycles. The number of benzene rings is 1. The van der Waals surface area contributed by atoms with Crippen LogP contribution in [0.2, 0.25) is 0 Å². The molecule has 4 rings (SSSR count). The molecule has 16 nitrogen and oxygen atoms in total. The molecule has 3 amide bonds. The zero-order valence-corrected chi connectivity index (χ0v) is 28.7. The normalized spacial score (nSPS) is 26.6. The number of alkyl carbamates (subject to hydrolysis) is 1. The van der Waals surface area contributed by atoms with Gasteiger partial charge in [-0.2, -0.15) is 0 Å². The maximum Gasteiger partial charge on any atom is 0.407 e. The summed E-state index contributed by atoms with van der Waals surface area (Å²) < 4.78 is 27.1. The summed E-state index contributed by atoms with van der Waals surface area (Å²) in [5, 5.41) is 47.6. The largest absolute Gasteiger partial charge is 0.479 e. The van der Waals surface area contributed by atoms with Crippen LogP contribution in [0, 0.1) is 29.6 Å². The second kappa shape index (κ2) is 20.2. The Bertz CT molecular complexity index is 1380. The van der Waals surface area contributed by atoms with Gasteiger partial charge in [-0.1, -0.05) is 13.0 Å². The van der Waals surface area contributed by atoms with Gasteiger partial charge in [0, 0.05) is 38.8 Å². The van der Waals surface area contributed by atoms with Gasteiger partial charge in [0.25, 0.3) is 0 Å². The van der Waals surface area contributed by atoms with Crippen LogP contribution in [-0.2, 0) is 39.8 Å². The van der Waals surface area contributed by atoms with E-state index in [4.69, 9.17) is 23.7 Å². The van der Waals surface area contributed by atoms with Gasteiger partial charge >= 0.3 is 12.1 Å². The van der Waals surface area contributed by atoms with Crippen LogP contribution in [0.25, 0.3) is 0 Å². The molecule has 3 aliphatic rings. The molecule has 2 fully saturated rings. The standard InChI is InChI=1S/C35H49N3O13/c1-2-21-9-10-26(50-34-31(43)29(41)30(42)32(51-34)33(44)45)25(19-21)38-28(40)11-13-36-27(39)12-15-47-17-18-48-16-14-37-35(46)49-20-24-22-7-5-3-4-6-8-23(22)24/h9-10,19,22-24,29-32,34,41-43H,2,5-8,11-18,20H2,1H3,(H,36,39)(H,37,46)(H,38,40)(H,44,45)/t22-,23+,24?,29-,30-,31+,32-,34?/m0/s1. The van der Waals surface area contributed by atoms with Gasteiger partial charge in [-0.05, 0) is 54.7 Å². The number of fused-ring (bicyclic) bond motifs is 1. The Balaban J connectivity index is 1.04. The number of carbonyl (C=O) groups excluding carboxylic acids is 3. The van der Waals surface area contributed by atoms with E-state index in [-0.39, 0.29) is 63.2 Å². The predicted molar refractivity (Wildman–Crippen MR) is 179 cm³/mol. The lowest BCUT2D eigenvalue weighted by atomic mass is 9.99. The number of rotatable bonds is 19. The average molecular weight is 720 g/mol. The fraction of sp³-hybridized carbons (Fsp3) is 0.657. The lowest BCUT2D eigenvalue weighted by Crippen LogP contribution is -2.61.